The van der Waals surface area contributed by atoms with Gasteiger partial charge >= 0.3 is 7.12 Å². The van der Waals surface area contributed by atoms with Crippen molar-refractivity contribution in [3.8, 4) is 0 Å². The number of nitrogens with two attached hydrogens (primary N) is 3. The number of anilines is 3. The van der Waals surface area contributed by atoms with Gasteiger partial charge in [0.1, 0.15) is 34.9 Å². The highest BCUT2D eigenvalue weighted by atomic mass is 79.9. The van der Waals surface area contributed by atoms with Crippen LogP contribution in [0.5, 0.6) is 0 Å². The van der Waals surface area contributed by atoms with E-state index < -0.39 is 24.1 Å². The Morgan fingerprint density at radius 3 is 1.67 bits per heavy atom. The molecule has 2 aliphatic heterocycles. The highest BCUT2D eigenvalue weighted by Crippen LogP contribution is 2.36. The fraction of sp³-hybridized carbons (Fsp3) is 0.320. The minimum Gasteiger partial charge on any atom is -0.399 e. The Hall–Kier alpha value is -3.28. The number of rotatable bonds is 1. The fourth-order valence-corrected chi connectivity index (χ4v) is 3.57. The maximum atomic E-state index is 13.7. The van der Waals surface area contributed by atoms with E-state index in [9.17, 15) is 22.8 Å². The van der Waals surface area contributed by atoms with Crippen LogP contribution in [-0.2, 0) is 18.9 Å². The molecule has 0 saturated carbocycles. The van der Waals surface area contributed by atoms with E-state index >= 15 is 0 Å². The summed E-state index contributed by atoms with van der Waals surface area (Å²) >= 11 is 5.74. The molecule has 0 spiro atoms. The Labute approximate surface area is 258 Å². The van der Waals surface area contributed by atoms with Crippen LogP contribution in [0.1, 0.15) is 40.5 Å². The third-order valence-electron chi connectivity index (χ3n) is 5.97. The molecule has 2 fully saturated rings. The van der Waals surface area contributed by atoms with Gasteiger partial charge in [-0.3, -0.25) is 9.59 Å². The van der Waals surface area contributed by atoms with Crippen molar-refractivity contribution >= 4 is 73.9 Å². The van der Waals surface area contributed by atoms with E-state index in [0.29, 0.717) is 17.3 Å². The van der Waals surface area contributed by atoms with E-state index in [4.69, 9.17) is 26.5 Å². The van der Waals surface area contributed by atoms with Crippen molar-refractivity contribution in [3.63, 3.8) is 0 Å². The molecule has 5 heterocycles. The van der Waals surface area contributed by atoms with Gasteiger partial charge in [-0.15, -0.1) is 0 Å². The van der Waals surface area contributed by atoms with Crippen molar-refractivity contribution in [1.82, 2.24) is 18.9 Å². The van der Waals surface area contributed by atoms with Crippen LogP contribution in [0.3, 0.4) is 0 Å². The standard InChI is InChI=1S/C11H16BFN2O2.C5H4BrFN2.C5H5FN2.C4H4BrNO2/c1-10(2)11(3,4)17-12(16-10)7-6-15-9(14)5-8(7)13;6-3-2-9-5(8)1-4(3)7;6-4-1-2-8-5(7)3-4;5-6-3(7)1-2-4(6)8/h5-6H,1-4H3,(H2,14,15);1-2H,(H2,8,9);1-3H,(H2,7,8);1-2H2. The van der Waals surface area contributed by atoms with Crippen molar-refractivity contribution in [1.29, 1.82) is 0 Å². The van der Waals surface area contributed by atoms with Crippen molar-refractivity contribution in [2.75, 3.05) is 17.2 Å². The molecule has 6 N–H and O–H groups in total. The summed E-state index contributed by atoms with van der Waals surface area (Å²) < 4.78 is 51.0. The molecule has 5 rings (SSSR count). The van der Waals surface area contributed by atoms with Crippen LogP contribution in [-0.4, -0.2) is 49.0 Å². The van der Waals surface area contributed by atoms with E-state index in [2.05, 4.69) is 47.0 Å². The molecule has 2 aliphatic rings. The number of imide groups is 1. The van der Waals surface area contributed by atoms with Gasteiger partial charge in [-0.25, -0.2) is 32.0 Å². The van der Waals surface area contributed by atoms with Crippen LogP contribution in [0.4, 0.5) is 30.6 Å². The Kier molecular flexibility index (Phi) is 12.3. The first kappa shape index (κ1) is 34.9. The second-order valence-electron chi connectivity index (χ2n) is 9.71. The Bertz CT molecular complexity index is 1370. The molecule has 226 valence electrons. The molecule has 11 nitrogen and oxygen atoms in total. The predicted molar refractivity (Wildman–Crippen MR) is 159 cm³/mol. The number of carbonyl (C=O) groups is 2. The second kappa shape index (κ2) is 14.8. The highest BCUT2D eigenvalue weighted by molar-refractivity contribution is 9.10. The molecule has 0 aromatic carbocycles. The van der Waals surface area contributed by atoms with Gasteiger partial charge in [0.25, 0.3) is 0 Å². The summed E-state index contributed by atoms with van der Waals surface area (Å²) in [6.07, 6.45) is 4.70. The van der Waals surface area contributed by atoms with Crippen LogP contribution >= 0.6 is 32.1 Å². The summed E-state index contributed by atoms with van der Waals surface area (Å²) in [5, 5.41) is 0. The topological polar surface area (TPSA) is 173 Å². The van der Waals surface area contributed by atoms with Crippen LogP contribution in [0, 0.1) is 17.5 Å². The SMILES string of the molecule is CC1(C)OB(c2cnc(N)cc2F)OC1(C)C.Nc1cc(F)c(Br)cn1.Nc1cc(F)ccn1.O=C1CCC(=O)N1Br. The zero-order chi connectivity index (χ0) is 31.8. The van der Waals surface area contributed by atoms with Crippen LogP contribution in [0.2, 0.25) is 0 Å². The molecule has 0 aliphatic carbocycles. The van der Waals surface area contributed by atoms with Crippen LogP contribution in [0.15, 0.2) is 47.3 Å². The number of hydrogen-bond acceptors (Lipinski definition) is 10. The Morgan fingerprint density at radius 1 is 0.833 bits per heavy atom. The average molecular weight is 719 g/mol. The number of amides is 2. The molecular weight excluding hydrogens is 690 g/mol. The Morgan fingerprint density at radius 2 is 1.31 bits per heavy atom. The molecular formula is C25H29BBr2F3N7O4. The van der Waals surface area contributed by atoms with E-state index in [1.807, 2.05) is 27.7 Å². The number of pyridine rings is 3. The summed E-state index contributed by atoms with van der Waals surface area (Å²) in [7, 11) is -0.742. The number of carbonyl (C=O) groups excluding carboxylic acids is 2. The maximum Gasteiger partial charge on any atom is 0.499 e. The zero-order valence-corrected chi connectivity index (χ0v) is 26.2. The second-order valence-corrected chi connectivity index (χ2v) is 11.3. The van der Waals surface area contributed by atoms with E-state index in [1.165, 1.54) is 36.8 Å². The van der Waals surface area contributed by atoms with Gasteiger partial charge in [0.15, 0.2) is 0 Å². The summed E-state index contributed by atoms with van der Waals surface area (Å²) in [6, 6.07) is 4.74. The third-order valence-corrected chi connectivity index (χ3v) is 7.35. The summed E-state index contributed by atoms with van der Waals surface area (Å²) in [6.45, 7) is 7.65. The van der Waals surface area contributed by atoms with E-state index in [1.54, 1.807) is 0 Å². The van der Waals surface area contributed by atoms with Crippen molar-refractivity contribution in [2.45, 2.75) is 51.7 Å². The van der Waals surface area contributed by atoms with Gasteiger partial charge in [-0.2, -0.15) is 0 Å². The maximum absolute atomic E-state index is 13.7. The molecule has 42 heavy (non-hydrogen) atoms. The third kappa shape index (κ3) is 9.92. The van der Waals surface area contributed by atoms with Crippen LogP contribution in [0.25, 0.3) is 0 Å². The largest absolute Gasteiger partial charge is 0.499 e. The summed E-state index contributed by atoms with van der Waals surface area (Å²) in [4.78, 5) is 32.0. The fourth-order valence-electron chi connectivity index (χ4n) is 3.00. The zero-order valence-electron chi connectivity index (χ0n) is 23.1. The number of nitrogen functional groups attached to an aromatic ring is 3. The molecule has 0 radical (unpaired) electrons. The highest BCUT2D eigenvalue weighted by Gasteiger charge is 2.52. The van der Waals surface area contributed by atoms with Gasteiger partial charge in [0.05, 0.1) is 31.8 Å². The first-order chi connectivity index (χ1) is 19.4. The molecule has 0 unspecified atom stereocenters. The lowest BCUT2D eigenvalue weighted by Gasteiger charge is -2.32. The number of hydrogen-bond donors (Lipinski definition) is 3. The molecule has 3 aromatic heterocycles. The number of aromatic nitrogens is 3. The van der Waals surface area contributed by atoms with Crippen molar-refractivity contribution in [3.05, 3.63) is 64.8 Å². The van der Waals surface area contributed by atoms with E-state index in [-0.39, 0.29) is 46.4 Å². The van der Waals surface area contributed by atoms with Crippen LogP contribution < -0.4 is 22.7 Å². The molecule has 0 atom stereocenters. The van der Waals surface area contributed by atoms with Crippen molar-refractivity contribution in [2.24, 2.45) is 0 Å². The first-order valence-electron chi connectivity index (χ1n) is 12.1. The minimum atomic E-state index is -0.742. The van der Waals surface area contributed by atoms with Gasteiger partial charge in [0, 0.05) is 55.1 Å². The van der Waals surface area contributed by atoms with Crippen molar-refractivity contribution < 1.29 is 32.1 Å². The summed E-state index contributed by atoms with van der Waals surface area (Å²) in [5.41, 5.74) is 14.9. The molecule has 3 aromatic rings. The number of halogens is 5. The van der Waals surface area contributed by atoms with Gasteiger partial charge in [-0.05, 0) is 49.7 Å². The van der Waals surface area contributed by atoms with Gasteiger partial charge in [-0.1, -0.05) is 0 Å². The first-order valence-corrected chi connectivity index (χ1v) is 13.7. The smallest absolute Gasteiger partial charge is 0.399 e. The van der Waals surface area contributed by atoms with Gasteiger partial charge < -0.3 is 26.5 Å². The Balaban J connectivity index is 0.000000210. The minimum absolute atomic E-state index is 0.141. The molecule has 17 heteroatoms. The lowest BCUT2D eigenvalue weighted by Crippen LogP contribution is -2.41. The molecule has 0 bridgehead atoms. The predicted octanol–water partition coefficient (Wildman–Crippen LogP) is 3.92. The average Bonchev–Trinajstić information content (AvgIpc) is 3.29. The normalized spacial score (nSPS) is 16.5. The number of nitrogens with zero attached hydrogens (tertiary/aromatic N) is 4. The lowest BCUT2D eigenvalue weighted by atomic mass is 9.80. The molecule has 2 amide bonds. The quantitative estimate of drug-likeness (QED) is 0.190. The summed E-state index contributed by atoms with van der Waals surface area (Å²) in [5.74, 6) is -0.940. The molecule has 2 saturated heterocycles. The van der Waals surface area contributed by atoms with Gasteiger partial charge in [0.2, 0.25) is 11.8 Å². The monoisotopic (exact) mass is 717 g/mol. The lowest BCUT2D eigenvalue weighted by molar-refractivity contribution is -0.131. The van der Waals surface area contributed by atoms with E-state index in [0.717, 1.165) is 9.99 Å².